The van der Waals surface area contributed by atoms with Crippen molar-refractivity contribution in [1.29, 1.82) is 0 Å². The molecule has 0 aliphatic rings. The van der Waals surface area contributed by atoms with Gasteiger partial charge in [0.25, 0.3) is 0 Å². The normalized spacial score (nSPS) is 9.85. The lowest BCUT2D eigenvalue weighted by molar-refractivity contribution is 0.582. The van der Waals surface area contributed by atoms with Gasteiger partial charge in [0.2, 0.25) is 0 Å². The molecule has 1 aromatic heterocycles. The fourth-order valence-corrected chi connectivity index (χ4v) is 1.20. The summed E-state index contributed by atoms with van der Waals surface area (Å²) in [6, 6.07) is 12.7. The average molecular weight is 169 g/mol. The molecule has 0 aliphatic heterocycles. The zero-order valence-corrected chi connectivity index (χ0v) is 7.16. The zero-order chi connectivity index (χ0) is 9.10. The van der Waals surface area contributed by atoms with Gasteiger partial charge in [-0.1, -0.05) is 24.8 Å². The van der Waals surface area contributed by atoms with E-state index in [2.05, 4.69) is 12.6 Å². The van der Waals surface area contributed by atoms with Gasteiger partial charge in [0, 0.05) is 5.56 Å². The highest BCUT2D eigenvalue weighted by Crippen LogP contribution is 2.20. The maximum Gasteiger partial charge on any atom is 0.133 e. The van der Waals surface area contributed by atoms with Gasteiger partial charge in [0.1, 0.15) is 5.76 Å². The van der Waals surface area contributed by atoms with E-state index in [1.54, 1.807) is 12.3 Å². The summed E-state index contributed by atoms with van der Waals surface area (Å²) in [6.45, 7) is 3.69. The van der Waals surface area contributed by atoms with Gasteiger partial charge < -0.3 is 4.42 Å². The van der Waals surface area contributed by atoms with Gasteiger partial charge in [-0.2, -0.15) is 0 Å². The van der Waals surface area contributed by atoms with E-state index >= 15 is 0 Å². The first-order chi connectivity index (χ1) is 6.40. The molecule has 0 aliphatic carbocycles. The van der Waals surface area contributed by atoms with Crippen LogP contribution in [0.25, 0.3) is 17.4 Å². The first-order valence-electron chi connectivity index (χ1n) is 4.08. The summed E-state index contributed by atoms with van der Waals surface area (Å²) >= 11 is 0. The lowest BCUT2D eigenvalue weighted by atomic mass is 10.1. The molecule has 0 fully saturated rings. The summed E-state index contributed by atoms with van der Waals surface area (Å²) in [4.78, 5) is 0. The highest BCUT2D eigenvalue weighted by Gasteiger charge is 1.99. The summed E-state index contributed by atoms with van der Waals surface area (Å²) in [5.74, 6) is 0.872. The number of hydrogen-bond donors (Lipinski definition) is 0. The molecule has 0 amide bonds. The smallest absolute Gasteiger partial charge is 0.133 e. The fraction of sp³-hybridized carbons (Fsp3) is 0. The lowest BCUT2D eigenvalue weighted by Crippen LogP contribution is -1.75. The summed E-state index contributed by atoms with van der Waals surface area (Å²) in [5, 5.41) is 0. The molecule has 1 nitrogen and oxygen atoms in total. The van der Waals surface area contributed by atoms with Gasteiger partial charge in [0.05, 0.1) is 6.26 Å². The maximum atomic E-state index is 5.27. The Morgan fingerprint density at radius 3 is 3.00 bits per heavy atom. The Labute approximate surface area is 77.3 Å². The third kappa shape index (κ3) is 1.54. The molecular weight excluding hydrogens is 160 g/mol. The number of furan rings is 1. The molecule has 0 spiro atoms. The molecule has 0 bridgehead atoms. The molecular formula is C12H9O. The summed E-state index contributed by atoms with van der Waals surface area (Å²) in [5.41, 5.74) is 2.03. The predicted molar refractivity (Wildman–Crippen MR) is 53.1 cm³/mol. The van der Waals surface area contributed by atoms with E-state index in [4.69, 9.17) is 4.42 Å². The number of benzene rings is 1. The van der Waals surface area contributed by atoms with Crippen molar-refractivity contribution in [3.8, 4) is 11.3 Å². The van der Waals surface area contributed by atoms with Crippen LogP contribution in [0.15, 0.2) is 47.6 Å². The van der Waals surface area contributed by atoms with Crippen molar-refractivity contribution in [3.63, 3.8) is 0 Å². The molecule has 1 heteroatoms. The second-order valence-electron chi connectivity index (χ2n) is 2.71. The maximum absolute atomic E-state index is 5.27. The van der Waals surface area contributed by atoms with Crippen LogP contribution in [0.5, 0.6) is 0 Å². The third-order valence-electron chi connectivity index (χ3n) is 1.85. The van der Waals surface area contributed by atoms with Gasteiger partial charge in [-0.25, -0.2) is 0 Å². The second-order valence-corrected chi connectivity index (χ2v) is 2.71. The van der Waals surface area contributed by atoms with Crippen LogP contribution in [0.4, 0.5) is 0 Å². The Balaban J connectivity index is 2.47. The average Bonchev–Trinajstić information content (AvgIpc) is 2.71. The minimum Gasteiger partial charge on any atom is -0.464 e. The second kappa shape index (κ2) is 3.31. The summed E-state index contributed by atoms with van der Waals surface area (Å²) < 4.78 is 5.27. The van der Waals surface area contributed by atoms with Crippen LogP contribution in [0.3, 0.4) is 0 Å². The highest BCUT2D eigenvalue weighted by atomic mass is 16.3. The van der Waals surface area contributed by atoms with Crippen molar-refractivity contribution < 1.29 is 4.42 Å². The van der Waals surface area contributed by atoms with Crippen LogP contribution >= 0.6 is 0 Å². The molecule has 2 aromatic rings. The molecule has 0 atom stereocenters. The number of rotatable bonds is 2. The Bertz CT molecular complexity index is 399. The van der Waals surface area contributed by atoms with Crippen molar-refractivity contribution in [2.24, 2.45) is 0 Å². The van der Waals surface area contributed by atoms with Crippen molar-refractivity contribution in [2.75, 3.05) is 0 Å². The van der Waals surface area contributed by atoms with E-state index < -0.39 is 0 Å². The molecule has 0 N–H and O–H groups in total. The third-order valence-corrected chi connectivity index (χ3v) is 1.85. The Hall–Kier alpha value is -1.76. The van der Waals surface area contributed by atoms with Gasteiger partial charge in [-0.05, 0) is 29.8 Å². The van der Waals surface area contributed by atoms with Gasteiger partial charge in [-0.3, -0.25) is 0 Å². The Kier molecular flexibility index (Phi) is 2.01. The molecule has 1 heterocycles. The van der Waals surface area contributed by atoms with Crippen LogP contribution in [0.2, 0.25) is 0 Å². The minimum absolute atomic E-state index is 0.872. The molecule has 13 heavy (non-hydrogen) atoms. The first kappa shape index (κ1) is 7.87. The quantitative estimate of drug-likeness (QED) is 0.671. The van der Waals surface area contributed by atoms with E-state index in [9.17, 15) is 0 Å². The van der Waals surface area contributed by atoms with E-state index in [0.717, 1.165) is 16.9 Å². The van der Waals surface area contributed by atoms with Crippen LogP contribution in [0, 0.1) is 6.07 Å². The van der Waals surface area contributed by atoms with Gasteiger partial charge >= 0.3 is 0 Å². The largest absolute Gasteiger partial charge is 0.464 e. The Morgan fingerprint density at radius 2 is 2.31 bits per heavy atom. The SMILES string of the molecule is C=Cc1[c]ccc(-c2ccco2)c1. The van der Waals surface area contributed by atoms with Crippen molar-refractivity contribution in [3.05, 3.63) is 54.8 Å². The summed E-state index contributed by atoms with van der Waals surface area (Å²) in [7, 11) is 0. The topological polar surface area (TPSA) is 13.1 Å². The van der Waals surface area contributed by atoms with Gasteiger partial charge in [-0.15, -0.1) is 0 Å². The zero-order valence-electron chi connectivity index (χ0n) is 7.16. The van der Waals surface area contributed by atoms with Crippen LogP contribution < -0.4 is 0 Å². The fourth-order valence-electron chi connectivity index (χ4n) is 1.20. The van der Waals surface area contributed by atoms with Crippen molar-refractivity contribution in [2.45, 2.75) is 0 Å². The Morgan fingerprint density at radius 1 is 1.38 bits per heavy atom. The van der Waals surface area contributed by atoms with Crippen molar-refractivity contribution >= 4 is 6.08 Å². The van der Waals surface area contributed by atoms with Crippen LogP contribution in [-0.4, -0.2) is 0 Å². The number of hydrogen-bond acceptors (Lipinski definition) is 1. The monoisotopic (exact) mass is 169 g/mol. The highest BCUT2D eigenvalue weighted by molar-refractivity contribution is 5.62. The molecule has 0 unspecified atom stereocenters. The van der Waals surface area contributed by atoms with E-state index in [1.165, 1.54) is 0 Å². The van der Waals surface area contributed by atoms with E-state index in [0.29, 0.717) is 0 Å². The predicted octanol–water partition coefficient (Wildman–Crippen LogP) is 3.39. The van der Waals surface area contributed by atoms with Crippen LogP contribution in [0.1, 0.15) is 5.56 Å². The molecule has 1 radical (unpaired) electrons. The van der Waals surface area contributed by atoms with E-state index in [-0.39, 0.29) is 0 Å². The van der Waals surface area contributed by atoms with Crippen LogP contribution in [-0.2, 0) is 0 Å². The molecule has 0 saturated heterocycles. The minimum atomic E-state index is 0.872. The first-order valence-corrected chi connectivity index (χ1v) is 4.08. The van der Waals surface area contributed by atoms with E-state index in [1.807, 2.05) is 30.3 Å². The molecule has 2 rings (SSSR count). The molecule has 63 valence electrons. The molecule has 0 saturated carbocycles. The van der Waals surface area contributed by atoms with Gasteiger partial charge in [0.15, 0.2) is 0 Å². The lowest BCUT2D eigenvalue weighted by Gasteiger charge is -1.97. The summed E-state index contributed by atoms with van der Waals surface area (Å²) in [6.07, 6.45) is 3.44. The molecule has 1 aromatic carbocycles. The standard InChI is InChI=1S/C12H9O/c1-2-10-5-3-6-11(9-10)12-7-4-8-13-12/h2-4,6-9H,1H2. The van der Waals surface area contributed by atoms with Crippen molar-refractivity contribution in [1.82, 2.24) is 0 Å².